The SMILES string of the molecule is CN(Cc1ccc(Br)o1)C(=O)c1n[nH]c(C2CC2)c1N. The highest BCUT2D eigenvalue weighted by Gasteiger charge is 2.31. The molecule has 7 heteroatoms. The molecule has 0 atom stereocenters. The van der Waals surface area contributed by atoms with E-state index in [0.717, 1.165) is 18.5 Å². The molecule has 1 aliphatic rings. The van der Waals surface area contributed by atoms with Crippen molar-refractivity contribution in [3.8, 4) is 0 Å². The van der Waals surface area contributed by atoms with Gasteiger partial charge in [-0.2, -0.15) is 5.10 Å². The predicted molar refractivity (Wildman–Crippen MR) is 77.2 cm³/mol. The topological polar surface area (TPSA) is 88.2 Å². The van der Waals surface area contributed by atoms with Crippen molar-refractivity contribution in [3.63, 3.8) is 0 Å². The zero-order valence-electron chi connectivity index (χ0n) is 11.0. The summed E-state index contributed by atoms with van der Waals surface area (Å²) in [5, 5.41) is 6.95. The number of halogens is 1. The number of aromatic nitrogens is 2. The van der Waals surface area contributed by atoms with E-state index < -0.39 is 0 Å². The molecule has 0 spiro atoms. The maximum atomic E-state index is 12.3. The number of aromatic amines is 1. The van der Waals surface area contributed by atoms with E-state index in [9.17, 15) is 4.79 Å². The molecule has 0 unspecified atom stereocenters. The molecule has 3 rings (SSSR count). The van der Waals surface area contributed by atoms with Crippen molar-refractivity contribution < 1.29 is 9.21 Å². The van der Waals surface area contributed by atoms with Crippen molar-refractivity contribution in [3.05, 3.63) is 34.0 Å². The highest BCUT2D eigenvalue weighted by molar-refractivity contribution is 9.10. The lowest BCUT2D eigenvalue weighted by Crippen LogP contribution is -2.27. The second kappa shape index (κ2) is 4.97. The minimum absolute atomic E-state index is 0.210. The van der Waals surface area contributed by atoms with E-state index in [1.54, 1.807) is 13.1 Å². The van der Waals surface area contributed by atoms with Crippen molar-refractivity contribution in [2.24, 2.45) is 0 Å². The van der Waals surface area contributed by atoms with E-state index in [1.165, 1.54) is 4.90 Å². The number of rotatable bonds is 4. The number of hydrogen-bond donors (Lipinski definition) is 2. The molecule has 3 N–H and O–H groups in total. The third-order valence-electron chi connectivity index (χ3n) is 3.39. The number of H-pyrrole nitrogens is 1. The Labute approximate surface area is 124 Å². The second-order valence-electron chi connectivity index (χ2n) is 5.04. The molecule has 1 aliphatic carbocycles. The van der Waals surface area contributed by atoms with Crippen LogP contribution in [0.5, 0.6) is 0 Å². The summed E-state index contributed by atoms with van der Waals surface area (Å²) < 4.78 is 6.03. The van der Waals surface area contributed by atoms with Gasteiger partial charge in [0.05, 0.1) is 17.9 Å². The summed E-state index contributed by atoms with van der Waals surface area (Å²) in [5.74, 6) is 0.929. The largest absolute Gasteiger partial charge is 0.452 e. The first kappa shape index (κ1) is 13.2. The van der Waals surface area contributed by atoms with Crippen LogP contribution in [0.3, 0.4) is 0 Å². The number of amides is 1. The van der Waals surface area contributed by atoms with E-state index in [1.807, 2.05) is 6.07 Å². The molecule has 0 bridgehead atoms. The molecule has 20 heavy (non-hydrogen) atoms. The fourth-order valence-electron chi connectivity index (χ4n) is 2.13. The molecule has 0 radical (unpaired) electrons. The van der Waals surface area contributed by atoms with Gasteiger partial charge in [0.15, 0.2) is 10.4 Å². The van der Waals surface area contributed by atoms with Crippen LogP contribution < -0.4 is 5.73 Å². The average molecular weight is 339 g/mol. The number of nitrogen functional groups attached to an aromatic ring is 1. The summed E-state index contributed by atoms with van der Waals surface area (Å²) in [6, 6.07) is 3.61. The van der Waals surface area contributed by atoms with Crippen LogP contribution in [0.15, 0.2) is 21.2 Å². The molecular weight excluding hydrogens is 324 g/mol. The summed E-state index contributed by atoms with van der Waals surface area (Å²) in [4.78, 5) is 13.9. The number of nitrogens with one attached hydrogen (secondary N) is 1. The van der Waals surface area contributed by atoms with Gasteiger partial charge in [0.2, 0.25) is 0 Å². The number of carbonyl (C=O) groups is 1. The molecule has 0 saturated heterocycles. The van der Waals surface area contributed by atoms with Gasteiger partial charge in [0, 0.05) is 13.0 Å². The summed E-state index contributed by atoms with van der Waals surface area (Å²) in [6.07, 6.45) is 2.21. The normalized spacial score (nSPS) is 14.5. The standard InChI is InChI=1S/C13H15BrN4O2/c1-18(6-8-4-5-9(14)20-8)13(19)12-10(15)11(16-17-12)7-2-3-7/h4-5,7H,2-3,6,15H2,1H3,(H,16,17). The first-order valence-corrected chi connectivity index (χ1v) is 7.19. The van der Waals surface area contributed by atoms with Crippen LogP contribution in [0.4, 0.5) is 5.69 Å². The monoisotopic (exact) mass is 338 g/mol. The first-order valence-electron chi connectivity index (χ1n) is 6.39. The molecule has 2 aromatic rings. The summed E-state index contributed by atoms with van der Waals surface area (Å²) in [6.45, 7) is 0.371. The maximum Gasteiger partial charge on any atom is 0.276 e. The van der Waals surface area contributed by atoms with Crippen molar-refractivity contribution >= 4 is 27.5 Å². The van der Waals surface area contributed by atoms with Gasteiger partial charge in [0.1, 0.15) is 5.76 Å². The molecular formula is C13H15BrN4O2. The Morgan fingerprint density at radius 1 is 1.60 bits per heavy atom. The zero-order valence-corrected chi connectivity index (χ0v) is 12.6. The molecule has 1 fully saturated rings. The summed E-state index contributed by atoms with van der Waals surface area (Å²) >= 11 is 3.23. The van der Waals surface area contributed by atoms with Crippen LogP contribution in [-0.2, 0) is 6.54 Å². The highest BCUT2D eigenvalue weighted by Crippen LogP contribution is 2.42. The van der Waals surface area contributed by atoms with Gasteiger partial charge in [-0.3, -0.25) is 9.89 Å². The van der Waals surface area contributed by atoms with Gasteiger partial charge in [-0.1, -0.05) is 0 Å². The third-order valence-corrected chi connectivity index (χ3v) is 3.82. The fraction of sp³-hybridized carbons (Fsp3) is 0.385. The summed E-state index contributed by atoms with van der Waals surface area (Å²) in [5.41, 5.74) is 7.67. The summed E-state index contributed by atoms with van der Waals surface area (Å²) in [7, 11) is 1.70. The van der Waals surface area contributed by atoms with Crippen LogP contribution in [0, 0.1) is 0 Å². The Hall–Kier alpha value is -1.76. The fourth-order valence-corrected chi connectivity index (χ4v) is 2.47. The number of nitrogens with two attached hydrogens (primary N) is 1. The van der Waals surface area contributed by atoms with Crippen molar-refractivity contribution in [2.45, 2.75) is 25.3 Å². The van der Waals surface area contributed by atoms with E-state index >= 15 is 0 Å². The Morgan fingerprint density at radius 3 is 2.95 bits per heavy atom. The van der Waals surface area contributed by atoms with Crippen molar-refractivity contribution in [1.29, 1.82) is 0 Å². The van der Waals surface area contributed by atoms with Crippen LogP contribution in [-0.4, -0.2) is 28.1 Å². The molecule has 6 nitrogen and oxygen atoms in total. The Bertz CT molecular complexity index is 645. The number of furan rings is 1. The average Bonchev–Trinajstić information content (AvgIpc) is 3.07. The number of anilines is 1. The predicted octanol–water partition coefficient (Wildman–Crippen LogP) is 2.50. The van der Waals surface area contributed by atoms with E-state index in [4.69, 9.17) is 10.2 Å². The van der Waals surface area contributed by atoms with Crippen LogP contribution >= 0.6 is 15.9 Å². The number of hydrogen-bond acceptors (Lipinski definition) is 4. The van der Waals surface area contributed by atoms with Gasteiger partial charge < -0.3 is 15.1 Å². The lowest BCUT2D eigenvalue weighted by atomic mass is 10.2. The highest BCUT2D eigenvalue weighted by atomic mass is 79.9. The molecule has 0 aromatic carbocycles. The van der Waals surface area contributed by atoms with Crippen LogP contribution in [0.25, 0.3) is 0 Å². The molecule has 1 saturated carbocycles. The van der Waals surface area contributed by atoms with Gasteiger partial charge in [-0.05, 0) is 40.9 Å². The Balaban J connectivity index is 1.74. The van der Waals surface area contributed by atoms with E-state index in [-0.39, 0.29) is 5.91 Å². The Kier molecular flexibility index (Phi) is 3.29. The lowest BCUT2D eigenvalue weighted by molar-refractivity contribution is 0.0770. The van der Waals surface area contributed by atoms with Gasteiger partial charge >= 0.3 is 0 Å². The van der Waals surface area contributed by atoms with E-state index in [0.29, 0.717) is 34.3 Å². The first-order chi connectivity index (χ1) is 9.56. The van der Waals surface area contributed by atoms with Crippen LogP contribution in [0.1, 0.15) is 40.7 Å². The molecule has 2 aromatic heterocycles. The van der Waals surface area contributed by atoms with Gasteiger partial charge in [0.25, 0.3) is 5.91 Å². The zero-order chi connectivity index (χ0) is 14.3. The second-order valence-corrected chi connectivity index (χ2v) is 5.82. The maximum absolute atomic E-state index is 12.3. The van der Waals surface area contributed by atoms with Crippen LogP contribution in [0.2, 0.25) is 0 Å². The minimum Gasteiger partial charge on any atom is -0.452 e. The molecule has 1 amide bonds. The number of nitrogens with zero attached hydrogens (tertiary/aromatic N) is 2. The Morgan fingerprint density at radius 2 is 2.35 bits per heavy atom. The van der Waals surface area contributed by atoms with Gasteiger partial charge in [-0.15, -0.1) is 0 Å². The van der Waals surface area contributed by atoms with Crippen molar-refractivity contribution in [1.82, 2.24) is 15.1 Å². The lowest BCUT2D eigenvalue weighted by Gasteiger charge is -2.14. The number of carbonyl (C=O) groups excluding carboxylic acids is 1. The molecule has 0 aliphatic heterocycles. The van der Waals surface area contributed by atoms with E-state index in [2.05, 4.69) is 26.1 Å². The molecule has 106 valence electrons. The quantitative estimate of drug-likeness (QED) is 0.896. The smallest absolute Gasteiger partial charge is 0.276 e. The minimum atomic E-state index is -0.210. The van der Waals surface area contributed by atoms with Crippen molar-refractivity contribution in [2.75, 3.05) is 12.8 Å². The molecule has 2 heterocycles. The van der Waals surface area contributed by atoms with Gasteiger partial charge in [-0.25, -0.2) is 0 Å². The third kappa shape index (κ3) is 2.45.